The zero-order valence-electron chi connectivity index (χ0n) is 8.57. The van der Waals surface area contributed by atoms with Crippen LogP contribution in [0.3, 0.4) is 0 Å². The lowest BCUT2D eigenvalue weighted by Crippen LogP contribution is -2.38. The van der Waals surface area contributed by atoms with E-state index < -0.39 is 5.79 Å². The molecule has 0 fully saturated rings. The fourth-order valence-corrected chi connectivity index (χ4v) is 1.46. The maximum Gasteiger partial charge on any atom is 0.231 e. The summed E-state index contributed by atoms with van der Waals surface area (Å²) in [5.41, 5.74) is 0.620. The summed E-state index contributed by atoms with van der Waals surface area (Å²) >= 11 is 0. The third-order valence-corrected chi connectivity index (χ3v) is 2.29. The minimum atomic E-state index is -0.959. The summed E-state index contributed by atoms with van der Waals surface area (Å²) in [6, 6.07) is 0. The summed E-state index contributed by atoms with van der Waals surface area (Å²) in [4.78, 5) is 10.6. The first-order valence-electron chi connectivity index (χ1n) is 4.23. The van der Waals surface area contributed by atoms with Crippen molar-refractivity contribution < 1.29 is 19.0 Å². The van der Waals surface area contributed by atoms with Crippen molar-refractivity contribution in [1.29, 1.82) is 0 Å². The Bertz CT molecular complexity index is 274. The van der Waals surface area contributed by atoms with Crippen molar-refractivity contribution in [2.45, 2.75) is 12.2 Å². The molecule has 0 N–H and O–H groups in total. The van der Waals surface area contributed by atoms with Gasteiger partial charge >= 0.3 is 0 Å². The van der Waals surface area contributed by atoms with E-state index in [0.717, 1.165) is 6.29 Å². The minimum Gasteiger partial charge on any atom is -0.495 e. The summed E-state index contributed by atoms with van der Waals surface area (Å²) in [6.07, 6.45) is 4.53. The van der Waals surface area contributed by atoms with Gasteiger partial charge < -0.3 is 14.2 Å². The molecular weight excluding hydrogens is 184 g/mol. The third kappa shape index (κ3) is 1.71. The fraction of sp³-hybridized carbons (Fsp3) is 0.500. The van der Waals surface area contributed by atoms with E-state index in [0.29, 0.717) is 17.8 Å². The van der Waals surface area contributed by atoms with E-state index in [1.165, 1.54) is 14.2 Å². The van der Waals surface area contributed by atoms with Crippen molar-refractivity contribution in [3.63, 3.8) is 0 Å². The highest BCUT2D eigenvalue weighted by Crippen LogP contribution is 2.32. The number of ether oxygens (including phenoxy) is 3. The van der Waals surface area contributed by atoms with Crippen LogP contribution in [0.15, 0.2) is 23.5 Å². The average molecular weight is 198 g/mol. The van der Waals surface area contributed by atoms with E-state index in [2.05, 4.69) is 0 Å². The lowest BCUT2D eigenvalue weighted by Gasteiger charge is -2.33. The first kappa shape index (κ1) is 10.9. The second kappa shape index (κ2) is 4.39. The molecule has 1 rings (SSSR count). The lowest BCUT2D eigenvalue weighted by molar-refractivity contribution is -0.200. The number of aldehydes is 1. The Morgan fingerprint density at radius 2 is 1.93 bits per heavy atom. The van der Waals surface area contributed by atoms with E-state index in [1.807, 2.05) is 0 Å². The van der Waals surface area contributed by atoms with Gasteiger partial charge in [-0.2, -0.15) is 0 Å². The minimum absolute atomic E-state index is 0.364. The first-order valence-corrected chi connectivity index (χ1v) is 4.23. The highest BCUT2D eigenvalue weighted by molar-refractivity contribution is 5.74. The van der Waals surface area contributed by atoms with Gasteiger partial charge in [0.2, 0.25) is 5.79 Å². The standard InChI is InChI=1S/C10H14O4/c1-12-9-5-4-8(7-11)6-10(9,13-2)14-3/h4-5,7H,6H2,1-3H3. The van der Waals surface area contributed by atoms with Crippen LogP contribution in [0.2, 0.25) is 0 Å². The lowest BCUT2D eigenvalue weighted by atomic mass is 9.98. The summed E-state index contributed by atoms with van der Waals surface area (Å²) in [7, 11) is 4.58. The molecule has 4 heteroatoms. The molecule has 0 unspecified atom stereocenters. The normalized spacial score (nSPS) is 19.6. The zero-order valence-corrected chi connectivity index (χ0v) is 8.57. The van der Waals surface area contributed by atoms with Gasteiger partial charge in [0.25, 0.3) is 0 Å². The highest BCUT2D eigenvalue weighted by Gasteiger charge is 2.38. The molecule has 0 aromatic rings. The van der Waals surface area contributed by atoms with E-state index in [4.69, 9.17) is 14.2 Å². The number of carbonyl (C=O) groups excluding carboxylic acids is 1. The van der Waals surface area contributed by atoms with Gasteiger partial charge in [0.15, 0.2) is 5.76 Å². The number of allylic oxidation sites excluding steroid dienone is 2. The molecule has 4 nitrogen and oxygen atoms in total. The molecule has 1 aliphatic carbocycles. The molecule has 0 saturated carbocycles. The molecule has 0 bridgehead atoms. The number of rotatable bonds is 4. The largest absolute Gasteiger partial charge is 0.495 e. The van der Waals surface area contributed by atoms with Gasteiger partial charge in [-0.05, 0) is 11.6 Å². The molecule has 0 spiro atoms. The molecule has 14 heavy (non-hydrogen) atoms. The van der Waals surface area contributed by atoms with Crippen molar-refractivity contribution in [3.8, 4) is 0 Å². The summed E-state index contributed by atoms with van der Waals surface area (Å²) in [5, 5.41) is 0. The van der Waals surface area contributed by atoms with Gasteiger partial charge in [-0.25, -0.2) is 0 Å². The second-order valence-electron chi connectivity index (χ2n) is 2.93. The Morgan fingerprint density at radius 3 is 2.36 bits per heavy atom. The number of hydrogen-bond acceptors (Lipinski definition) is 4. The van der Waals surface area contributed by atoms with Crippen molar-refractivity contribution in [3.05, 3.63) is 23.5 Å². The molecule has 0 atom stereocenters. The van der Waals surface area contributed by atoms with E-state index in [9.17, 15) is 4.79 Å². The molecular formula is C10H14O4. The van der Waals surface area contributed by atoms with Crippen molar-refractivity contribution in [2.24, 2.45) is 0 Å². The predicted octanol–water partition coefficient (Wildman–Crippen LogP) is 1.03. The average Bonchev–Trinajstić information content (AvgIpc) is 2.27. The summed E-state index contributed by atoms with van der Waals surface area (Å²) in [6.45, 7) is 0. The van der Waals surface area contributed by atoms with Gasteiger partial charge in [0.05, 0.1) is 7.11 Å². The first-order chi connectivity index (χ1) is 6.72. The zero-order chi connectivity index (χ0) is 10.6. The predicted molar refractivity (Wildman–Crippen MR) is 50.6 cm³/mol. The Balaban J connectivity index is 3.02. The van der Waals surface area contributed by atoms with Crippen LogP contribution in [0.4, 0.5) is 0 Å². The Kier molecular flexibility index (Phi) is 3.43. The van der Waals surface area contributed by atoms with Crippen LogP contribution in [0.1, 0.15) is 6.42 Å². The van der Waals surface area contributed by atoms with E-state index >= 15 is 0 Å². The van der Waals surface area contributed by atoms with Crippen LogP contribution in [-0.2, 0) is 19.0 Å². The Labute approximate surface area is 83.1 Å². The monoisotopic (exact) mass is 198 g/mol. The van der Waals surface area contributed by atoms with Gasteiger partial charge in [-0.1, -0.05) is 6.08 Å². The third-order valence-electron chi connectivity index (χ3n) is 2.29. The van der Waals surface area contributed by atoms with Crippen LogP contribution in [0.5, 0.6) is 0 Å². The second-order valence-corrected chi connectivity index (χ2v) is 2.93. The van der Waals surface area contributed by atoms with Gasteiger partial charge in [0, 0.05) is 20.6 Å². The topological polar surface area (TPSA) is 44.8 Å². The molecule has 0 heterocycles. The van der Waals surface area contributed by atoms with Crippen molar-refractivity contribution in [1.82, 2.24) is 0 Å². The van der Waals surface area contributed by atoms with E-state index in [-0.39, 0.29) is 0 Å². The SMILES string of the molecule is COC1=CC=C(C=O)CC1(OC)OC. The van der Waals surface area contributed by atoms with Gasteiger partial charge in [-0.15, -0.1) is 0 Å². The summed E-state index contributed by atoms with van der Waals surface area (Å²) < 4.78 is 15.6. The molecule has 0 amide bonds. The van der Waals surface area contributed by atoms with Crippen LogP contribution in [0.25, 0.3) is 0 Å². The number of methoxy groups -OCH3 is 3. The Hall–Kier alpha value is -1.13. The van der Waals surface area contributed by atoms with Gasteiger partial charge in [-0.3, -0.25) is 4.79 Å². The molecule has 0 radical (unpaired) electrons. The van der Waals surface area contributed by atoms with Gasteiger partial charge in [0.1, 0.15) is 6.29 Å². The fourth-order valence-electron chi connectivity index (χ4n) is 1.46. The molecule has 1 aliphatic rings. The number of hydrogen-bond donors (Lipinski definition) is 0. The molecule has 0 aromatic carbocycles. The molecule has 0 aliphatic heterocycles. The Morgan fingerprint density at radius 1 is 1.29 bits per heavy atom. The van der Waals surface area contributed by atoms with Crippen molar-refractivity contribution >= 4 is 6.29 Å². The maximum absolute atomic E-state index is 10.6. The highest BCUT2D eigenvalue weighted by atomic mass is 16.7. The molecule has 0 aromatic heterocycles. The molecule has 78 valence electrons. The van der Waals surface area contributed by atoms with Crippen LogP contribution in [0, 0.1) is 0 Å². The quantitative estimate of drug-likeness (QED) is 0.500. The number of carbonyl (C=O) groups is 1. The maximum atomic E-state index is 10.6. The summed E-state index contributed by atoms with van der Waals surface area (Å²) in [5.74, 6) is -0.396. The van der Waals surface area contributed by atoms with E-state index in [1.54, 1.807) is 19.3 Å². The van der Waals surface area contributed by atoms with Crippen LogP contribution < -0.4 is 0 Å². The van der Waals surface area contributed by atoms with Crippen LogP contribution in [-0.4, -0.2) is 33.4 Å². The molecule has 0 saturated heterocycles. The van der Waals surface area contributed by atoms with Crippen LogP contribution >= 0.6 is 0 Å². The smallest absolute Gasteiger partial charge is 0.231 e. The van der Waals surface area contributed by atoms with Crippen molar-refractivity contribution in [2.75, 3.05) is 21.3 Å².